The van der Waals surface area contributed by atoms with Crippen LogP contribution in [0.5, 0.6) is 0 Å². The molecule has 0 saturated carbocycles. The number of Topliss-reactive ketones (excluding diaryl/α,β-unsaturated/α-hetero) is 1. The first-order valence-corrected chi connectivity index (χ1v) is 9.62. The highest BCUT2D eigenvalue weighted by molar-refractivity contribution is 7.93. The van der Waals surface area contributed by atoms with E-state index in [2.05, 4.69) is 0 Å². The smallest absolute Gasteiger partial charge is 0.169 e. The molecule has 0 heterocycles. The second kappa shape index (κ2) is 5.69. The van der Waals surface area contributed by atoms with Gasteiger partial charge in [0.05, 0.1) is 0 Å². The molecule has 0 fully saturated rings. The Balaban J connectivity index is 5.72. The molecule has 5 nitrogen and oxygen atoms in total. The molecule has 0 aromatic heterocycles. The summed E-state index contributed by atoms with van der Waals surface area (Å²) in [6, 6.07) is 0. The minimum Gasteiger partial charge on any atom is -0.297 e. The van der Waals surface area contributed by atoms with Crippen LogP contribution in [0.3, 0.4) is 0 Å². The second-order valence-corrected chi connectivity index (χ2v) is 9.72. The average Bonchev–Trinajstić information content (AvgIpc) is 1.93. The van der Waals surface area contributed by atoms with E-state index in [4.69, 9.17) is 0 Å². The average molecular weight is 298 g/mol. The SMILES string of the molecule is CC(C)C(C(=O)C(C(C)C)S(C)(=O)=O)S(C)(=O)=O. The van der Waals surface area contributed by atoms with Crippen LogP contribution in [0.15, 0.2) is 0 Å². The Labute approximate surface area is 110 Å². The van der Waals surface area contributed by atoms with Crippen molar-refractivity contribution >= 4 is 25.5 Å². The third-order valence-corrected chi connectivity index (χ3v) is 6.09. The first-order chi connectivity index (χ1) is 7.80. The fourth-order valence-corrected chi connectivity index (χ4v) is 5.43. The van der Waals surface area contributed by atoms with Crippen molar-refractivity contribution in [1.29, 1.82) is 0 Å². The maximum Gasteiger partial charge on any atom is 0.169 e. The maximum atomic E-state index is 12.3. The molecule has 0 aliphatic carbocycles. The number of carbonyl (C=O) groups is 1. The molecule has 0 aromatic carbocycles. The van der Waals surface area contributed by atoms with Gasteiger partial charge in [0.15, 0.2) is 25.5 Å². The molecule has 0 rings (SSSR count). The van der Waals surface area contributed by atoms with Gasteiger partial charge in [-0.15, -0.1) is 0 Å². The molecule has 2 atom stereocenters. The van der Waals surface area contributed by atoms with Crippen LogP contribution >= 0.6 is 0 Å². The number of sulfone groups is 2. The van der Waals surface area contributed by atoms with Crippen LogP contribution in [0.1, 0.15) is 27.7 Å². The number of rotatable bonds is 6. The molecule has 0 bridgehead atoms. The lowest BCUT2D eigenvalue weighted by Gasteiger charge is -2.25. The molecule has 0 aliphatic rings. The Bertz CT molecular complexity index is 454. The molecule has 108 valence electrons. The van der Waals surface area contributed by atoms with E-state index in [1.54, 1.807) is 27.7 Å². The molecular formula is C11H22O5S2. The van der Waals surface area contributed by atoms with Gasteiger partial charge in [-0.3, -0.25) is 4.79 Å². The summed E-state index contributed by atoms with van der Waals surface area (Å²) in [5.74, 6) is -1.61. The third kappa shape index (κ3) is 4.35. The normalized spacial score (nSPS) is 16.9. The minimum absolute atomic E-state index is 0.449. The van der Waals surface area contributed by atoms with Crippen LogP contribution in [0.4, 0.5) is 0 Å². The van der Waals surface area contributed by atoms with E-state index in [1.807, 2.05) is 0 Å². The van der Waals surface area contributed by atoms with Crippen molar-refractivity contribution < 1.29 is 21.6 Å². The summed E-state index contributed by atoms with van der Waals surface area (Å²) in [5.41, 5.74) is 0. The molecule has 0 N–H and O–H groups in total. The van der Waals surface area contributed by atoms with Crippen LogP contribution in [0, 0.1) is 11.8 Å². The van der Waals surface area contributed by atoms with Crippen LogP contribution in [0.25, 0.3) is 0 Å². The number of ketones is 1. The van der Waals surface area contributed by atoms with Crippen molar-refractivity contribution in [1.82, 2.24) is 0 Å². The number of carbonyl (C=O) groups excluding carboxylic acids is 1. The summed E-state index contributed by atoms with van der Waals surface area (Å²) in [5, 5.41) is -2.53. The van der Waals surface area contributed by atoms with Crippen LogP contribution in [0.2, 0.25) is 0 Å². The minimum atomic E-state index is -3.62. The van der Waals surface area contributed by atoms with Gasteiger partial charge in [-0.1, -0.05) is 27.7 Å². The van der Waals surface area contributed by atoms with E-state index in [0.717, 1.165) is 12.5 Å². The van der Waals surface area contributed by atoms with Crippen LogP contribution in [-0.2, 0) is 24.5 Å². The van der Waals surface area contributed by atoms with E-state index in [1.165, 1.54) is 0 Å². The zero-order chi connectivity index (χ0) is 14.9. The largest absolute Gasteiger partial charge is 0.297 e. The Morgan fingerprint density at radius 3 is 1.06 bits per heavy atom. The molecule has 18 heavy (non-hydrogen) atoms. The monoisotopic (exact) mass is 298 g/mol. The van der Waals surface area contributed by atoms with Crippen molar-refractivity contribution in [2.75, 3.05) is 12.5 Å². The van der Waals surface area contributed by atoms with E-state index < -0.39 is 47.8 Å². The molecule has 0 aromatic rings. The van der Waals surface area contributed by atoms with Crippen LogP contribution < -0.4 is 0 Å². The van der Waals surface area contributed by atoms with Crippen LogP contribution in [-0.4, -0.2) is 45.6 Å². The summed E-state index contributed by atoms with van der Waals surface area (Å²) in [6.45, 7) is 6.40. The topological polar surface area (TPSA) is 85.3 Å². The zero-order valence-corrected chi connectivity index (χ0v) is 13.3. The van der Waals surface area contributed by atoms with Gasteiger partial charge in [-0.2, -0.15) is 0 Å². The van der Waals surface area contributed by atoms with Crippen molar-refractivity contribution in [3.8, 4) is 0 Å². The molecule has 0 spiro atoms. The van der Waals surface area contributed by atoms with Crippen molar-refractivity contribution in [2.45, 2.75) is 38.2 Å². The summed E-state index contributed by atoms with van der Waals surface area (Å²) in [4.78, 5) is 12.3. The van der Waals surface area contributed by atoms with Crippen molar-refractivity contribution in [2.24, 2.45) is 11.8 Å². The molecule has 0 aliphatic heterocycles. The molecule has 0 saturated heterocycles. The molecule has 7 heteroatoms. The number of hydrogen-bond donors (Lipinski definition) is 0. The van der Waals surface area contributed by atoms with Gasteiger partial charge in [-0.25, -0.2) is 16.8 Å². The summed E-state index contributed by atoms with van der Waals surface area (Å²) >= 11 is 0. The van der Waals surface area contributed by atoms with Gasteiger partial charge < -0.3 is 0 Å². The molecule has 0 amide bonds. The standard InChI is InChI=1S/C11H22O5S2/c1-7(2)10(17(5,13)14)9(12)11(8(3)4)18(6,15)16/h7-8,10-11H,1-6H3. The highest BCUT2D eigenvalue weighted by Gasteiger charge is 2.42. The summed E-state index contributed by atoms with van der Waals surface area (Å²) in [7, 11) is -7.23. The van der Waals surface area contributed by atoms with Gasteiger partial charge in [-0.05, 0) is 11.8 Å². The third-order valence-electron chi connectivity index (χ3n) is 2.69. The predicted molar refractivity (Wildman–Crippen MR) is 71.9 cm³/mol. The second-order valence-electron chi connectivity index (χ2n) is 5.39. The molecule has 2 unspecified atom stereocenters. The quantitative estimate of drug-likeness (QED) is 0.720. The Morgan fingerprint density at radius 1 is 0.722 bits per heavy atom. The summed E-state index contributed by atoms with van der Waals surface area (Å²) in [6.07, 6.45) is 1.93. The van der Waals surface area contributed by atoms with Crippen molar-refractivity contribution in [3.63, 3.8) is 0 Å². The van der Waals surface area contributed by atoms with Crippen molar-refractivity contribution in [3.05, 3.63) is 0 Å². The molecule has 0 radical (unpaired) electrons. The molecular weight excluding hydrogens is 276 g/mol. The van der Waals surface area contributed by atoms with Gasteiger partial charge >= 0.3 is 0 Å². The van der Waals surface area contributed by atoms with E-state index >= 15 is 0 Å². The Kier molecular flexibility index (Phi) is 5.55. The van der Waals surface area contributed by atoms with Gasteiger partial charge in [0, 0.05) is 12.5 Å². The van der Waals surface area contributed by atoms with Gasteiger partial charge in [0.1, 0.15) is 10.5 Å². The van der Waals surface area contributed by atoms with Gasteiger partial charge in [0.2, 0.25) is 0 Å². The lowest BCUT2D eigenvalue weighted by Crippen LogP contribution is -2.46. The van der Waals surface area contributed by atoms with Gasteiger partial charge in [0.25, 0.3) is 0 Å². The first-order valence-electron chi connectivity index (χ1n) is 5.71. The predicted octanol–water partition coefficient (Wildman–Crippen LogP) is 0.694. The van der Waals surface area contributed by atoms with E-state index in [-0.39, 0.29) is 0 Å². The Morgan fingerprint density at radius 2 is 0.944 bits per heavy atom. The fraction of sp³-hybridized carbons (Fsp3) is 0.909. The zero-order valence-electron chi connectivity index (χ0n) is 11.7. The number of hydrogen-bond acceptors (Lipinski definition) is 5. The Hall–Kier alpha value is -0.430. The first kappa shape index (κ1) is 17.6. The van der Waals surface area contributed by atoms with E-state index in [9.17, 15) is 21.6 Å². The highest BCUT2D eigenvalue weighted by atomic mass is 32.2. The lowest BCUT2D eigenvalue weighted by atomic mass is 9.98. The lowest BCUT2D eigenvalue weighted by molar-refractivity contribution is -0.119. The highest BCUT2D eigenvalue weighted by Crippen LogP contribution is 2.21. The summed E-state index contributed by atoms with van der Waals surface area (Å²) < 4.78 is 46.6. The fourth-order valence-electron chi connectivity index (χ4n) is 2.23. The maximum absolute atomic E-state index is 12.3. The van der Waals surface area contributed by atoms with E-state index in [0.29, 0.717) is 0 Å².